The van der Waals surface area contributed by atoms with Crippen LogP contribution in [0.15, 0.2) is 0 Å². The molecule has 1 rings (SSSR count). The molecule has 1 saturated heterocycles. The zero-order chi connectivity index (χ0) is 9.90. The first-order valence-corrected chi connectivity index (χ1v) is 6.52. The van der Waals surface area contributed by atoms with Crippen molar-refractivity contribution in [2.24, 2.45) is 0 Å². The molecule has 1 aliphatic rings. The van der Waals surface area contributed by atoms with Crippen LogP contribution in [0.4, 0.5) is 0 Å². The molecule has 1 heterocycles. The number of amides is 1. The first-order chi connectivity index (χ1) is 6.00. The average Bonchev–Trinajstić information content (AvgIpc) is 2.04. The van der Waals surface area contributed by atoms with Gasteiger partial charge in [-0.15, -0.1) is 0 Å². The van der Waals surface area contributed by atoms with Gasteiger partial charge < -0.3 is 5.32 Å². The van der Waals surface area contributed by atoms with Crippen LogP contribution in [0.5, 0.6) is 0 Å². The second kappa shape index (κ2) is 4.69. The van der Waals surface area contributed by atoms with Crippen LogP contribution in [-0.4, -0.2) is 27.8 Å². The van der Waals surface area contributed by atoms with Crippen LogP contribution in [0.3, 0.4) is 0 Å². The zero-order valence-electron chi connectivity index (χ0n) is 8.10. The van der Waals surface area contributed by atoms with Crippen LogP contribution in [0.25, 0.3) is 0 Å². The van der Waals surface area contributed by atoms with Gasteiger partial charge in [-0.2, -0.15) is 11.8 Å². The number of thioether (sulfide) groups is 1. The van der Waals surface area contributed by atoms with Crippen LogP contribution < -0.4 is 5.32 Å². The number of hydrogen-bond acceptors (Lipinski definition) is 2. The fourth-order valence-corrected chi connectivity index (χ4v) is 2.40. The van der Waals surface area contributed by atoms with Crippen molar-refractivity contribution in [2.45, 2.75) is 37.1 Å². The third-order valence-corrected chi connectivity index (χ3v) is 3.61. The molecule has 0 aromatic rings. The minimum absolute atomic E-state index is 0.0972. The first-order valence-electron chi connectivity index (χ1n) is 4.58. The molecule has 0 radical (unpaired) electrons. The summed E-state index contributed by atoms with van der Waals surface area (Å²) in [6, 6.07) is 0.378. The second-order valence-corrected chi connectivity index (χ2v) is 6.99. The van der Waals surface area contributed by atoms with Gasteiger partial charge >= 0.3 is 0 Å². The minimum atomic E-state index is -0.435. The lowest BCUT2D eigenvalue weighted by Gasteiger charge is -2.25. The number of halogens is 1. The van der Waals surface area contributed by atoms with E-state index >= 15 is 0 Å². The molecule has 0 aromatic carbocycles. The molecule has 1 atom stereocenters. The van der Waals surface area contributed by atoms with Gasteiger partial charge in [-0.25, -0.2) is 0 Å². The molecule has 0 aliphatic carbocycles. The van der Waals surface area contributed by atoms with Gasteiger partial charge in [0.15, 0.2) is 0 Å². The van der Waals surface area contributed by atoms with Gasteiger partial charge in [-0.3, -0.25) is 4.79 Å². The van der Waals surface area contributed by atoms with E-state index in [4.69, 9.17) is 0 Å². The Morgan fingerprint density at radius 2 is 2.31 bits per heavy atom. The third-order valence-electron chi connectivity index (χ3n) is 2.04. The van der Waals surface area contributed by atoms with Gasteiger partial charge in [0.2, 0.25) is 5.91 Å². The Hall–Kier alpha value is 0.300. The average molecular weight is 266 g/mol. The standard InChI is InChI=1S/C9H16BrNOS/c1-9(2,10)8(12)11-7-4-3-5-13-6-7/h7H,3-6H2,1-2H3,(H,11,12). The monoisotopic (exact) mass is 265 g/mol. The highest BCUT2D eigenvalue weighted by molar-refractivity contribution is 9.10. The highest BCUT2D eigenvalue weighted by Crippen LogP contribution is 2.20. The lowest BCUT2D eigenvalue weighted by atomic mass is 10.1. The quantitative estimate of drug-likeness (QED) is 0.776. The van der Waals surface area contributed by atoms with Gasteiger partial charge in [0.05, 0.1) is 4.32 Å². The van der Waals surface area contributed by atoms with Crippen molar-refractivity contribution in [3.63, 3.8) is 0 Å². The molecule has 1 N–H and O–H groups in total. The summed E-state index contributed by atoms with van der Waals surface area (Å²) < 4.78 is -0.435. The van der Waals surface area contributed by atoms with Crippen LogP contribution in [0.2, 0.25) is 0 Å². The number of hydrogen-bond donors (Lipinski definition) is 1. The molecule has 1 aliphatic heterocycles. The van der Waals surface area contributed by atoms with Crippen molar-refractivity contribution in [3.05, 3.63) is 0 Å². The van der Waals surface area contributed by atoms with Gasteiger partial charge in [0.25, 0.3) is 0 Å². The topological polar surface area (TPSA) is 29.1 Å². The van der Waals surface area contributed by atoms with E-state index in [1.54, 1.807) is 0 Å². The Labute approximate surface area is 92.4 Å². The summed E-state index contributed by atoms with van der Waals surface area (Å²) in [5.74, 6) is 2.40. The van der Waals surface area contributed by atoms with Gasteiger partial charge in [-0.1, -0.05) is 15.9 Å². The summed E-state index contributed by atoms with van der Waals surface area (Å²) in [5, 5.41) is 3.05. The lowest BCUT2D eigenvalue weighted by molar-refractivity contribution is -0.123. The number of alkyl halides is 1. The van der Waals surface area contributed by atoms with E-state index in [9.17, 15) is 4.79 Å². The minimum Gasteiger partial charge on any atom is -0.351 e. The van der Waals surface area contributed by atoms with E-state index in [0.717, 1.165) is 12.2 Å². The van der Waals surface area contributed by atoms with Crippen molar-refractivity contribution in [3.8, 4) is 0 Å². The molecule has 13 heavy (non-hydrogen) atoms. The molecule has 4 heteroatoms. The molecular weight excluding hydrogens is 250 g/mol. The van der Waals surface area contributed by atoms with Crippen molar-refractivity contribution in [1.82, 2.24) is 5.32 Å². The summed E-state index contributed by atoms with van der Waals surface area (Å²) >= 11 is 5.28. The van der Waals surface area contributed by atoms with Crippen molar-refractivity contribution >= 4 is 33.6 Å². The highest BCUT2D eigenvalue weighted by atomic mass is 79.9. The van der Waals surface area contributed by atoms with Crippen LogP contribution in [0.1, 0.15) is 26.7 Å². The van der Waals surface area contributed by atoms with Crippen LogP contribution in [-0.2, 0) is 4.79 Å². The first kappa shape index (κ1) is 11.4. The lowest BCUT2D eigenvalue weighted by Crippen LogP contribution is -2.45. The van der Waals surface area contributed by atoms with E-state index in [2.05, 4.69) is 21.2 Å². The summed E-state index contributed by atoms with van der Waals surface area (Å²) in [7, 11) is 0. The molecule has 0 bridgehead atoms. The van der Waals surface area contributed by atoms with Gasteiger partial charge in [0.1, 0.15) is 0 Å². The number of carbonyl (C=O) groups excluding carboxylic acids is 1. The number of rotatable bonds is 2. The molecule has 0 aromatic heterocycles. The Morgan fingerprint density at radius 3 is 2.77 bits per heavy atom. The molecule has 0 spiro atoms. The predicted molar refractivity (Wildman–Crippen MR) is 61.5 cm³/mol. The van der Waals surface area contributed by atoms with Crippen molar-refractivity contribution < 1.29 is 4.79 Å². The van der Waals surface area contributed by atoms with Gasteiger partial charge in [0, 0.05) is 11.8 Å². The summed E-state index contributed by atoms with van der Waals surface area (Å²) in [6.07, 6.45) is 2.35. The van der Waals surface area contributed by atoms with E-state index in [0.29, 0.717) is 6.04 Å². The normalized spacial score (nSPS) is 24.1. The van der Waals surface area contributed by atoms with Crippen LogP contribution >= 0.6 is 27.7 Å². The third kappa shape index (κ3) is 3.90. The highest BCUT2D eigenvalue weighted by Gasteiger charge is 2.26. The van der Waals surface area contributed by atoms with Crippen molar-refractivity contribution in [1.29, 1.82) is 0 Å². The number of nitrogens with one attached hydrogen (secondary N) is 1. The Balaban J connectivity index is 2.35. The van der Waals surface area contributed by atoms with Gasteiger partial charge in [-0.05, 0) is 32.4 Å². The smallest absolute Gasteiger partial charge is 0.236 e. The maximum atomic E-state index is 11.6. The van der Waals surface area contributed by atoms with E-state index in [-0.39, 0.29) is 5.91 Å². The largest absolute Gasteiger partial charge is 0.351 e. The molecular formula is C9H16BrNOS. The maximum absolute atomic E-state index is 11.6. The van der Waals surface area contributed by atoms with Crippen molar-refractivity contribution in [2.75, 3.05) is 11.5 Å². The van der Waals surface area contributed by atoms with E-state index < -0.39 is 4.32 Å². The summed E-state index contributed by atoms with van der Waals surface area (Å²) in [6.45, 7) is 3.75. The fraction of sp³-hybridized carbons (Fsp3) is 0.889. The predicted octanol–water partition coefficient (Wildman–Crippen LogP) is 2.17. The molecule has 76 valence electrons. The molecule has 1 amide bonds. The summed E-state index contributed by atoms with van der Waals surface area (Å²) in [4.78, 5) is 11.6. The molecule has 1 unspecified atom stereocenters. The Kier molecular flexibility index (Phi) is 4.10. The maximum Gasteiger partial charge on any atom is 0.236 e. The SMILES string of the molecule is CC(C)(Br)C(=O)NC1CCCSC1. The second-order valence-electron chi connectivity index (χ2n) is 3.86. The molecule has 0 saturated carbocycles. The molecule has 2 nitrogen and oxygen atoms in total. The molecule has 1 fully saturated rings. The number of carbonyl (C=O) groups is 1. The van der Waals surface area contributed by atoms with Crippen LogP contribution in [0, 0.1) is 0 Å². The Morgan fingerprint density at radius 1 is 1.62 bits per heavy atom. The van der Waals surface area contributed by atoms with E-state index in [1.165, 1.54) is 12.2 Å². The Bertz CT molecular complexity index is 185. The van der Waals surface area contributed by atoms with E-state index in [1.807, 2.05) is 25.6 Å². The summed E-state index contributed by atoms with van der Waals surface area (Å²) in [5.41, 5.74) is 0. The fourth-order valence-electron chi connectivity index (χ4n) is 1.21. The zero-order valence-corrected chi connectivity index (χ0v) is 10.5.